The molecule has 3 aromatic rings. The minimum atomic E-state index is -0.287. The van der Waals surface area contributed by atoms with Crippen LogP contribution in [-0.4, -0.2) is 17.9 Å². The fourth-order valence-corrected chi connectivity index (χ4v) is 2.55. The molecule has 0 aliphatic heterocycles. The van der Waals surface area contributed by atoms with Crippen LogP contribution < -0.4 is 10.2 Å². The lowest BCUT2D eigenvalue weighted by molar-refractivity contribution is 0.102. The van der Waals surface area contributed by atoms with Gasteiger partial charge in [0.15, 0.2) is 0 Å². The van der Waals surface area contributed by atoms with Crippen molar-refractivity contribution in [1.29, 1.82) is 5.26 Å². The molecule has 0 atom stereocenters. The summed E-state index contributed by atoms with van der Waals surface area (Å²) in [5, 5.41) is 11.6. The third-order valence-corrected chi connectivity index (χ3v) is 3.95. The number of hydrogen-bond donors (Lipinski definition) is 1. The Morgan fingerprint density at radius 1 is 1.12 bits per heavy atom. The minimum absolute atomic E-state index is 0.287. The summed E-state index contributed by atoms with van der Waals surface area (Å²) in [6.45, 7) is 0.738. The van der Waals surface area contributed by atoms with Gasteiger partial charge in [0.25, 0.3) is 5.91 Å². The Morgan fingerprint density at radius 3 is 2.54 bits per heavy atom. The van der Waals surface area contributed by atoms with Crippen LogP contribution in [0.3, 0.4) is 0 Å². The Labute approximate surface area is 152 Å². The number of benzene rings is 2. The molecule has 0 unspecified atom stereocenters. The van der Waals surface area contributed by atoms with Crippen LogP contribution in [0, 0.1) is 11.3 Å². The molecule has 0 saturated heterocycles. The molecule has 1 heterocycles. The van der Waals surface area contributed by atoms with Crippen molar-refractivity contribution in [3.63, 3.8) is 0 Å². The molecule has 0 saturated carbocycles. The number of aromatic nitrogens is 1. The Bertz CT molecular complexity index is 930. The van der Waals surface area contributed by atoms with Gasteiger partial charge in [-0.05, 0) is 42.0 Å². The Hall–Kier alpha value is -3.65. The summed E-state index contributed by atoms with van der Waals surface area (Å²) < 4.78 is 0. The van der Waals surface area contributed by atoms with Crippen LogP contribution in [0.1, 0.15) is 21.6 Å². The SMILES string of the molecule is CN(Cc1ccccc1)c1ccnc(C(=O)Nc2ccc(C#N)cc2)c1. The fraction of sp³-hybridized carbons (Fsp3) is 0.0952. The van der Waals surface area contributed by atoms with E-state index in [1.807, 2.05) is 37.4 Å². The molecule has 2 aromatic carbocycles. The van der Waals surface area contributed by atoms with E-state index in [-0.39, 0.29) is 5.91 Å². The zero-order valence-electron chi connectivity index (χ0n) is 14.4. The first-order valence-corrected chi connectivity index (χ1v) is 8.18. The van der Waals surface area contributed by atoms with Crippen LogP contribution in [0.5, 0.6) is 0 Å². The van der Waals surface area contributed by atoms with E-state index in [0.29, 0.717) is 16.9 Å². The van der Waals surface area contributed by atoms with Crippen LogP contribution in [0.2, 0.25) is 0 Å². The monoisotopic (exact) mass is 342 g/mol. The van der Waals surface area contributed by atoms with Crippen molar-refractivity contribution in [1.82, 2.24) is 4.98 Å². The van der Waals surface area contributed by atoms with E-state index >= 15 is 0 Å². The fourth-order valence-electron chi connectivity index (χ4n) is 2.55. The third kappa shape index (κ3) is 4.25. The molecule has 0 aliphatic carbocycles. The largest absolute Gasteiger partial charge is 0.370 e. The zero-order valence-corrected chi connectivity index (χ0v) is 14.4. The molecule has 1 N–H and O–H groups in total. The van der Waals surface area contributed by atoms with E-state index in [2.05, 4.69) is 27.3 Å². The number of hydrogen-bond acceptors (Lipinski definition) is 4. The second kappa shape index (κ2) is 7.95. The first kappa shape index (κ1) is 17.2. The van der Waals surface area contributed by atoms with E-state index in [9.17, 15) is 4.79 Å². The number of nitrogens with zero attached hydrogens (tertiary/aromatic N) is 3. The Balaban J connectivity index is 1.71. The summed E-state index contributed by atoms with van der Waals surface area (Å²) in [5.41, 5.74) is 3.61. The molecule has 1 aromatic heterocycles. The second-order valence-corrected chi connectivity index (χ2v) is 5.88. The van der Waals surface area contributed by atoms with Gasteiger partial charge in [0.2, 0.25) is 0 Å². The number of rotatable bonds is 5. The van der Waals surface area contributed by atoms with Gasteiger partial charge in [0.05, 0.1) is 11.6 Å². The van der Waals surface area contributed by atoms with E-state index in [1.54, 1.807) is 36.5 Å². The highest BCUT2D eigenvalue weighted by Gasteiger charge is 2.10. The maximum atomic E-state index is 12.4. The number of amides is 1. The molecule has 26 heavy (non-hydrogen) atoms. The smallest absolute Gasteiger partial charge is 0.274 e. The van der Waals surface area contributed by atoms with Crippen LogP contribution >= 0.6 is 0 Å². The predicted molar refractivity (Wildman–Crippen MR) is 102 cm³/mol. The van der Waals surface area contributed by atoms with E-state index in [4.69, 9.17) is 5.26 Å². The summed E-state index contributed by atoms with van der Waals surface area (Å²) in [5.74, 6) is -0.287. The average molecular weight is 342 g/mol. The van der Waals surface area contributed by atoms with Crippen molar-refractivity contribution in [3.8, 4) is 6.07 Å². The van der Waals surface area contributed by atoms with Gasteiger partial charge in [0, 0.05) is 31.2 Å². The summed E-state index contributed by atoms with van der Waals surface area (Å²) in [4.78, 5) is 18.7. The van der Waals surface area contributed by atoms with Crippen molar-refractivity contribution < 1.29 is 4.79 Å². The topological polar surface area (TPSA) is 69.0 Å². The molecule has 128 valence electrons. The predicted octanol–water partition coefficient (Wildman–Crippen LogP) is 3.84. The first-order valence-electron chi connectivity index (χ1n) is 8.18. The van der Waals surface area contributed by atoms with Crippen molar-refractivity contribution >= 4 is 17.3 Å². The molecule has 3 rings (SSSR count). The van der Waals surface area contributed by atoms with Crippen molar-refractivity contribution in [2.24, 2.45) is 0 Å². The van der Waals surface area contributed by atoms with Gasteiger partial charge in [-0.15, -0.1) is 0 Å². The summed E-state index contributed by atoms with van der Waals surface area (Å²) >= 11 is 0. The average Bonchev–Trinajstić information content (AvgIpc) is 2.69. The molecular formula is C21H18N4O. The van der Waals surface area contributed by atoms with E-state index in [1.165, 1.54) is 5.56 Å². The first-order chi connectivity index (χ1) is 12.7. The van der Waals surface area contributed by atoms with Gasteiger partial charge >= 0.3 is 0 Å². The number of nitriles is 1. The normalized spacial score (nSPS) is 10.0. The van der Waals surface area contributed by atoms with Crippen molar-refractivity contribution in [2.75, 3.05) is 17.3 Å². The Morgan fingerprint density at radius 2 is 1.85 bits per heavy atom. The highest BCUT2D eigenvalue weighted by atomic mass is 16.1. The van der Waals surface area contributed by atoms with E-state index in [0.717, 1.165) is 12.2 Å². The van der Waals surface area contributed by atoms with Crippen molar-refractivity contribution in [2.45, 2.75) is 6.54 Å². The standard InChI is InChI=1S/C21H18N4O/c1-25(15-17-5-3-2-4-6-17)19-11-12-23-20(13-19)21(26)24-18-9-7-16(14-22)8-10-18/h2-13H,15H2,1H3,(H,24,26). The van der Waals surface area contributed by atoms with Gasteiger partial charge in [-0.2, -0.15) is 5.26 Å². The maximum Gasteiger partial charge on any atom is 0.274 e. The third-order valence-electron chi connectivity index (χ3n) is 3.95. The van der Waals surface area contributed by atoms with Crippen LogP contribution in [-0.2, 0) is 6.54 Å². The molecule has 0 radical (unpaired) electrons. The van der Waals surface area contributed by atoms with Crippen LogP contribution in [0.25, 0.3) is 0 Å². The molecule has 1 amide bonds. The number of nitrogens with one attached hydrogen (secondary N) is 1. The van der Waals surface area contributed by atoms with Crippen LogP contribution in [0.15, 0.2) is 72.9 Å². The number of anilines is 2. The molecular weight excluding hydrogens is 324 g/mol. The van der Waals surface area contributed by atoms with Gasteiger partial charge < -0.3 is 10.2 Å². The highest BCUT2D eigenvalue weighted by Crippen LogP contribution is 2.17. The molecule has 5 nitrogen and oxygen atoms in total. The Kier molecular flexibility index (Phi) is 5.25. The molecule has 0 fully saturated rings. The molecule has 0 spiro atoms. The second-order valence-electron chi connectivity index (χ2n) is 5.88. The van der Waals surface area contributed by atoms with Crippen molar-refractivity contribution in [3.05, 3.63) is 89.7 Å². The van der Waals surface area contributed by atoms with Crippen LogP contribution in [0.4, 0.5) is 11.4 Å². The minimum Gasteiger partial charge on any atom is -0.370 e. The number of pyridine rings is 1. The van der Waals surface area contributed by atoms with Gasteiger partial charge in [-0.3, -0.25) is 9.78 Å². The zero-order chi connectivity index (χ0) is 18.4. The summed E-state index contributed by atoms with van der Waals surface area (Å²) in [6.07, 6.45) is 1.63. The lowest BCUT2D eigenvalue weighted by Gasteiger charge is -2.19. The summed E-state index contributed by atoms with van der Waals surface area (Å²) in [7, 11) is 1.98. The number of carbonyl (C=O) groups is 1. The van der Waals surface area contributed by atoms with Gasteiger partial charge in [-0.25, -0.2) is 0 Å². The lowest BCUT2D eigenvalue weighted by Crippen LogP contribution is -2.18. The van der Waals surface area contributed by atoms with Gasteiger partial charge in [-0.1, -0.05) is 30.3 Å². The molecule has 0 bridgehead atoms. The van der Waals surface area contributed by atoms with E-state index < -0.39 is 0 Å². The lowest BCUT2D eigenvalue weighted by atomic mass is 10.2. The molecule has 5 heteroatoms. The maximum absolute atomic E-state index is 12.4. The quantitative estimate of drug-likeness (QED) is 0.765. The molecule has 0 aliphatic rings. The van der Waals surface area contributed by atoms with Gasteiger partial charge in [0.1, 0.15) is 5.69 Å². The number of carbonyl (C=O) groups excluding carboxylic acids is 1. The highest BCUT2D eigenvalue weighted by molar-refractivity contribution is 6.03. The summed E-state index contributed by atoms with van der Waals surface area (Å²) in [6, 6.07) is 22.5.